The first-order valence-corrected chi connectivity index (χ1v) is 25.4. The second-order valence-corrected chi connectivity index (χ2v) is 23.3. The second-order valence-electron chi connectivity index (χ2n) is 16.0. The zero-order valence-electron chi connectivity index (χ0n) is 42.2. The fourth-order valence-electron chi connectivity index (χ4n) is 6.23. The molecule has 2 heterocycles. The molecular weight excluding hydrogens is 886 g/mol. The molecule has 0 bridgehead atoms. The summed E-state index contributed by atoms with van der Waals surface area (Å²) < 4.78 is 45.2. The van der Waals surface area contributed by atoms with Gasteiger partial charge in [-0.3, -0.25) is 14.2 Å². The maximum absolute atomic E-state index is 11.5. The topological polar surface area (TPSA) is 202 Å². The van der Waals surface area contributed by atoms with Crippen LogP contribution in [0.4, 0.5) is 0 Å². The molecule has 66 heavy (non-hydrogen) atoms. The Balaban J connectivity index is 0.000000900. The minimum atomic E-state index is -3.32. The van der Waals surface area contributed by atoms with Gasteiger partial charge in [-0.2, -0.15) is 19.9 Å². The summed E-state index contributed by atoms with van der Waals surface area (Å²) in [6, 6.07) is 0.586. The van der Waals surface area contributed by atoms with Crippen molar-refractivity contribution in [1.29, 1.82) is 0 Å². The van der Waals surface area contributed by atoms with Gasteiger partial charge in [0.1, 0.15) is 13.2 Å². The number of esters is 3. The van der Waals surface area contributed by atoms with Crippen LogP contribution < -0.4 is 9.47 Å². The average molecular weight is 961 g/mol. The van der Waals surface area contributed by atoms with E-state index in [0.29, 0.717) is 17.9 Å². The van der Waals surface area contributed by atoms with E-state index in [-0.39, 0.29) is 38.6 Å². The van der Waals surface area contributed by atoms with E-state index in [2.05, 4.69) is 119 Å². The fraction of sp³-hybridized carbons (Fsp3) is 0.521. The molecule has 1 unspecified atom stereocenters. The number of carbonyl (C=O) groups is 4. The Morgan fingerprint density at radius 1 is 0.576 bits per heavy atom. The van der Waals surface area contributed by atoms with Crippen LogP contribution in [0.3, 0.4) is 0 Å². The minimum absolute atomic E-state index is 0. The van der Waals surface area contributed by atoms with Gasteiger partial charge in [-0.25, -0.2) is 9.59 Å². The van der Waals surface area contributed by atoms with Crippen LogP contribution >= 0.6 is 14.5 Å². The molecule has 0 spiro atoms. The largest absolute Gasteiger partial charge is 0.468 e. The lowest BCUT2D eigenvalue weighted by molar-refractivity contribution is -0.140. The molecule has 368 valence electrons. The predicted octanol–water partition coefficient (Wildman–Crippen LogP) is 9.35. The van der Waals surface area contributed by atoms with Crippen LogP contribution in [0.1, 0.15) is 84.1 Å². The maximum Gasteiger partial charge on any atom is 0.344 e. The summed E-state index contributed by atoms with van der Waals surface area (Å²) in [5.41, 5.74) is 12.9. The Labute approximate surface area is 392 Å². The molecule has 0 aliphatic heterocycles. The van der Waals surface area contributed by atoms with Crippen molar-refractivity contribution in [3.8, 4) is 12.0 Å². The zero-order chi connectivity index (χ0) is 50.3. The highest BCUT2D eigenvalue weighted by Crippen LogP contribution is 2.51. The lowest BCUT2D eigenvalue weighted by atomic mass is 9.94. The Kier molecular flexibility index (Phi) is 24.9. The number of rotatable bonds is 12. The smallest absolute Gasteiger partial charge is 0.344 e. The molecule has 18 heteroatoms. The summed E-state index contributed by atoms with van der Waals surface area (Å²) in [5.74, 6) is -1.14. The van der Waals surface area contributed by atoms with E-state index in [1.54, 1.807) is 13.0 Å². The van der Waals surface area contributed by atoms with Crippen LogP contribution in [0.15, 0.2) is 11.6 Å². The van der Waals surface area contributed by atoms with E-state index in [1.165, 1.54) is 75.9 Å². The first-order chi connectivity index (χ1) is 30.1. The van der Waals surface area contributed by atoms with Crippen LogP contribution in [0.25, 0.3) is 21.8 Å². The lowest BCUT2D eigenvalue weighted by Crippen LogP contribution is -2.20. The third-order valence-corrected chi connectivity index (χ3v) is 15.7. The van der Waals surface area contributed by atoms with E-state index < -0.39 is 26.1 Å². The molecule has 2 aromatic carbocycles. The monoisotopic (exact) mass is 960 g/mol. The molecule has 0 fully saturated rings. The molecular formula is C48H74N4O12P2. The van der Waals surface area contributed by atoms with Gasteiger partial charge in [0, 0.05) is 35.9 Å². The predicted molar refractivity (Wildman–Crippen MR) is 266 cm³/mol. The number of aromatic nitrogens is 4. The molecule has 0 amide bonds. The van der Waals surface area contributed by atoms with Gasteiger partial charge in [0.2, 0.25) is 0 Å². The van der Waals surface area contributed by atoms with Gasteiger partial charge in [0.15, 0.2) is 11.9 Å². The molecule has 2 aromatic heterocycles. The van der Waals surface area contributed by atoms with Gasteiger partial charge in [-0.05, 0) is 161 Å². The summed E-state index contributed by atoms with van der Waals surface area (Å²) in [7, 11) is 3.12. The number of nitrogens with zero attached hydrogens (tertiary/aromatic N) is 4. The van der Waals surface area contributed by atoms with Crippen LogP contribution in [-0.4, -0.2) is 124 Å². The second kappa shape index (κ2) is 27.0. The standard InChI is InChI=1S/C19H24N2O3.C15H18N2O2.C7H15O2P.C6H13O5P.CH4/c1-10(18(22)23-7)8-9-24-19-20-15(6)16-13(4)11(2)12(3)14(5)17(16)21-19;1-8-9(2)11(4)14-13(10(8)3)12(5)16-15(17-14)19-7-6-18;1-6(7(8)9-2)10(3,4)5;1-5(6(7)9-2)12(8,10-3)11-4;/h8H,9H2,1-7H3;6H,7H2,1-5H3;1-5H3;5H,1-4H3;1H4/b10-8+;;;;. The molecule has 4 aromatic rings. The van der Waals surface area contributed by atoms with E-state index in [4.69, 9.17) is 9.47 Å². The maximum atomic E-state index is 11.5. The number of aryl methyl sites for hydroxylation is 6. The minimum Gasteiger partial charge on any atom is -0.468 e. The molecule has 1 atom stereocenters. The van der Waals surface area contributed by atoms with Crippen LogP contribution in [0, 0.1) is 69.2 Å². The molecule has 0 aliphatic rings. The average Bonchev–Trinajstić information content (AvgIpc) is 3.28. The fourth-order valence-corrected chi connectivity index (χ4v) is 8.01. The van der Waals surface area contributed by atoms with Crippen LogP contribution in [0.2, 0.25) is 0 Å². The van der Waals surface area contributed by atoms with Gasteiger partial charge in [0.05, 0.1) is 43.8 Å². The highest BCUT2D eigenvalue weighted by molar-refractivity contribution is 7.75. The molecule has 0 aliphatic carbocycles. The third kappa shape index (κ3) is 15.5. The molecule has 16 nitrogen and oxygen atoms in total. The van der Waals surface area contributed by atoms with Gasteiger partial charge >= 0.3 is 37.5 Å². The van der Waals surface area contributed by atoms with E-state index >= 15 is 0 Å². The summed E-state index contributed by atoms with van der Waals surface area (Å²) in [6.45, 7) is 31.0. The van der Waals surface area contributed by atoms with E-state index in [9.17, 15) is 23.7 Å². The van der Waals surface area contributed by atoms with Crippen LogP contribution in [0.5, 0.6) is 12.0 Å². The highest BCUT2D eigenvalue weighted by atomic mass is 31.2. The van der Waals surface area contributed by atoms with Crippen molar-refractivity contribution in [1.82, 2.24) is 19.9 Å². The van der Waals surface area contributed by atoms with Gasteiger partial charge in [-0.15, -0.1) is 6.89 Å². The Hall–Kier alpha value is -5.01. The zero-order valence-corrected chi connectivity index (χ0v) is 44.0. The first kappa shape index (κ1) is 61.0. The molecule has 0 saturated carbocycles. The number of ether oxygens (including phenoxy) is 5. The summed E-state index contributed by atoms with van der Waals surface area (Å²) in [4.78, 5) is 61.4. The molecule has 0 saturated heterocycles. The third-order valence-electron chi connectivity index (χ3n) is 11.4. The number of carbonyl (C=O) groups excluding carboxylic acids is 4. The SMILES string of the molecule is C.COC(=O)/C(C)=C/COc1nc(C)c2c(C)c(C)c(C)c(C)c2n1.COC(=O)C(C)=P(C)(C)C.COC(=O)C(C)P(=O)(OC)OC.Cc1c(C)c(C)c2c(C)nc(OCC=O)nc2c1C. The van der Waals surface area contributed by atoms with Crippen molar-refractivity contribution >= 4 is 65.8 Å². The number of hydrogen-bond acceptors (Lipinski definition) is 16. The highest BCUT2D eigenvalue weighted by Gasteiger charge is 2.36. The summed E-state index contributed by atoms with van der Waals surface area (Å²) in [6.07, 6.45) is 2.36. The first-order valence-electron chi connectivity index (χ1n) is 20.6. The molecule has 0 N–H and O–H groups in total. The number of hydrogen-bond donors (Lipinski definition) is 0. The Morgan fingerprint density at radius 2 is 0.955 bits per heavy atom. The van der Waals surface area contributed by atoms with E-state index in [1.807, 2.05) is 20.8 Å². The Bertz CT molecular complexity index is 2510. The lowest BCUT2D eigenvalue weighted by Gasteiger charge is -2.18. The molecule has 4 rings (SSSR count). The quantitative estimate of drug-likeness (QED) is 0.0427. The molecule has 0 radical (unpaired) electrons. The summed E-state index contributed by atoms with van der Waals surface area (Å²) in [5, 5.41) is 3.04. The van der Waals surface area contributed by atoms with Crippen molar-refractivity contribution < 1.29 is 56.5 Å². The number of benzene rings is 2. The van der Waals surface area contributed by atoms with Crippen molar-refractivity contribution in [2.24, 2.45) is 0 Å². The van der Waals surface area contributed by atoms with Crippen molar-refractivity contribution in [3.05, 3.63) is 67.5 Å². The van der Waals surface area contributed by atoms with Crippen molar-refractivity contribution in [3.63, 3.8) is 0 Å². The number of fused-ring (bicyclic) bond motifs is 2. The Morgan fingerprint density at radius 3 is 1.27 bits per heavy atom. The number of methoxy groups -OCH3 is 3. The van der Waals surface area contributed by atoms with Crippen molar-refractivity contribution in [2.45, 2.75) is 103 Å². The number of aldehydes is 1. The summed E-state index contributed by atoms with van der Waals surface area (Å²) >= 11 is 0. The van der Waals surface area contributed by atoms with Gasteiger partial charge in [-0.1, -0.05) is 7.43 Å². The van der Waals surface area contributed by atoms with Crippen LogP contribution in [-0.2, 0) is 47.0 Å². The van der Waals surface area contributed by atoms with E-state index in [0.717, 1.165) is 49.6 Å². The normalized spacial score (nSPS) is 11.6. The van der Waals surface area contributed by atoms with Gasteiger partial charge < -0.3 is 32.7 Å². The van der Waals surface area contributed by atoms with Gasteiger partial charge in [0.25, 0.3) is 0 Å². The van der Waals surface area contributed by atoms with Crippen molar-refractivity contribution in [2.75, 3.05) is 68.8 Å².